The second-order valence-electron chi connectivity index (χ2n) is 9.17. The zero-order valence-corrected chi connectivity index (χ0v) is 22.3. The van der Waals surface area contributed by atoms with Gasteiger partial charge < -0.3 is 33.2 Å². The van der Waals surface area contributed by atoms with Crippen LogP contribution in [0.25, 0.3) is 11.0 Å². The topological polar surface area (TPSA) is 174 Å². The zero-order chi connectivity index (χ0) is 29.2. The molecule has 0 saturated carbocycles. The van der Waals surface area contributed by atoms with Crippen molar-refractivity contribution in [1.29, 1.82) is 0 Å². The Morgan fingerprint density at radius 2 is 2.00 bits per heavy atom. The van der Waals surface area contributed by atoms with Crippen LogP contribution in [0.3, 0.4) is 0 Å². The number of carbonyl (C=O) groups is 2. The Labute approximate surface area is 228 Å². The molecular weight excluding hydrogens is 532 g/mol. The third-order valence-electron chi connectivity index (χ3n) is 6.73. The lowest BCUT2D eigenvalue weighted by molar-refractivity contribution is -0.289. The highest BCUT2D eigenvalue weighted by Crippen LogP contribution is 2.41. The van der Waals surface area contributed by atoms with E-state index >= 15 is 0 Å². The largest absolute Gasteiger partial charge is 0.509 e. The molecule has 214 valence electrons. The predicted octanol–water partition coefficient (Wildman–Crippen LogP) is 2.64. The lowest BCUT2D eigenvalue weighted by Gasteiger charge is -2.46. The van der Waals surface area contributed by atoms with Crippen LogP contribution in [0.15, 0.2) is 26.5 Å². The van der Waals surface area contributed by atoms with Crippen LogP contribution in [-0.4, -0.2) is 67.0 Å². The van der Waals surface area contributed by atoms with Crippen molar-refractivity contribution in [1.82, 2.24) is 5.48 Å². The number of carbonyl (C=O) groups excluding carboxylic acids is 2. The Morgan fingerprint density at radius 1 is 1.27 bits per heavy atom. The molecule has 3 heterocycles. The van der Waals surface area contributed by atoms with Gasteiger partial charge in [-0.3, -0.25) is 9.68 Å². The van der Waals surface area contributed by atoms with Crippen molar-refractivity contribution in [2.45, 2.75) is 64.3 Å². The summed E-state index contributed by atoms with van der Waals surface area (Å²) in [6.45, 7) is 6.45. The second kappa shape index (κ2) is 11.4. The van der Waals surface area contributed by atoms with E-state index in [1.165, 1.54) is 26.2 Å². The summed E-state index contributed by atoms with van der Waals surface area (Å²) in [5, 5.41) is 14.6. The van der Waals surface area contributed by atoms with E-state index in [-0.39, 0.29) is 34.6 Å². The molecule has 14 heteroatoms. The zero-order valence-electron chi connectivity index (χ0n) is 22.3. The van der Waals surface area contributed by atoms with E-state index in [0.717, 1.165) is 0 Å². The highest BCUT2D eigenvalue weighted by molar-refractivity contribution is 6.05. The van der Waals surface area contributed by atoms with E-state index in [9.17, 15) is 19.5 Å². The fraction of sp³-hybridized carbons (Fsp3) is 0.462. The minimum absolute atomic E-state index is 0.0259. The summed E-state index contributed by atoms with van der Waals surface area (Å²) < 4.78 is 34.1. The molecule has 40 heavy (non-hydrogen) atoms. The summed E-state index contributed by atoms with van der Waals surface area (Å²) >= 11 is 0. The number of hydroxylamine groups is 1. The van der Waals surface area contributed by atoms with Crippen molar-refractivity contribution in [3.05, 3.63) is 33.7 Å². The van der Waals surface area contributed by atoms with Crippen LogP contribution in [0.2, 0.25) is 0 Å². The van der Waals surface area contributed by atoms with Gasteiger partial charge in [-0.15, -0.1) is 6.42 Å². The molecule has 1 aromatic carbocycles. The molecule has 0 spiro atoms. The summed E-state index contributed by atoms with van der Waals surface area (Å²) in [6.07, 6.45) is 0.163. The van der Waals surface area contributed by atoms with Gasteiger partial charge in [-0.1, -0.05) is 18.0 Å². The predicted molar refractivity (Wildman–Crippen MR) is 136 cm³/mol. The summed E-state index contributed by atoms with van der Waals surface area (Å²) in [7, 11) is 1.49. The number of oxime groups is 1. The van der Waals surface area contributed by atoms with Gasteiger partial charge in [0.25, 0.3) is 0 Å². The lowest BCUT2D eigenvalue weighted by Crippen LogP contribution is -2.63. The van der Waals surface area contributed by atoms with Crippen molar-refractivity contribution in [3.63, 3.8) is 0 Å². The number of terminal acetylenes is 1. The Bertz CT molecular complexity index is 1440. The van der Waals surface area contributed by atoms with Gasteiger partial charge in [0.2, 0.25) is 12.4 Å². The van der Waals surface area contributed by atoms with Crippen molar-refractivity contribution < 1.29 is 52.5 Å². The lowest BCUT2D eigenvalue weighted by atomic mass is 9.86. The number of methoxy groups -OCH3 is 1. The van der Waals surface area contributed by atoms with Crippen LogP contribution < -0.4 is 15.8 Å². The first-order valence-corrected chi connectivity index (χ1v) is 12.2. The molecule has 2 aliphatic rings. The van der Waals surface area contributed by atoms with Crippen molar-refractivity contribution in [3.8, 4) is 23.8 Å². The van der Waals surface area contributed by atoms with Gasteiger partial charge in [0.15, 0.2) is 6.10 Å². The average molecular weight is 561 g/mol. The van der Waals surface area contributed by atoms with Gasteiger partial charge in [-0.25, -0.2) is 14.4 Å². The highest BCUT2D eigenvalue weighted by atomic mass is 16.8. The van der Waals surface area contributed by atoms with E-state index in [0.29, 0.717) is 12.0 Å². The maximum atomic E-state index is 12.8. The molecule has 1 amide bonds. The van der Waals surface area contributed by atoms with Crippen molar-refractivity contribution in [2.75, 3.05) is 13.7 Å². The van der Waals surface area contributed by atoms with E-state index < -0.39 is 53.8 Å². The fourth-order valence-corrected chi connectivity index (χ4v) is 4.58. The maximum absolute atomic E-state index is 12.8. The van der Waals surface area contributed by atoms with Crippen molar-refractivity contribution >= 4 is 28.9 Å². The van der Waals surface area contributed by atoms with Gasteiger partial charge in [0.1, 0.15) is 35.4 Å². The van der Waals surface area contributed by atoms with Gasteiger partial charge in [0, 0.05) is 12.7 Å². The molecule has 2 aliphatic heterocycles. The van der Waals surface area contributed by atoms with E-state index in [4.69, 9.17) is 34.5 Å². The van der Waals surface area contributed by atoms with Gasteiger partial charge >= 0.3 is 17.9 Å². The minimum atomic E-state index is -1.10. The van der Waals surface area contributed by atoms with Crippen LogP contribution in [0.5, 0.6) is 11.5 Å². The number of fused-ring (bicyclic) bond motifs is 2. The van der Waals surface area contributed by atoms with E-state index in [1.807, 2.05) is 19.3 Å². The first kappa shape index (κ1) is 28.7. The molecule has 0 radical (unpaired) electrons. The number of amides is 1. The number of hydrogen-bond donors (Lipinski definition) is 2. The maximum Gasteiger partial charge on any atom is 0.509 e. The average Bonchev–Trinajstić information content (AvgIpc) is 3.30. The molecule has 1 aromatic heterocycles. The Morgan fingerprint density at radius 3 is 2.67 bits per heavy atom. The van der Waals surface area contributed by atoms with Crippen LogP contribution in [-0.2, 0) is 28.6 Å². The Hall–Kier alpha value is -4.32. The third-order valence-corrected chi connectivity index (χ3v) is 6.73. The van der Waals surface area contributed by atoms with Crippen LogP contribution in [0, 0.1) is 19.3 Å². The molecule has 0 aliphatic carbocycles. The normalized spacial score (nSPS) is 25.9. The van der Waals surface area contributed by atoms with Crippen LogP contribution >= 0.6 is 0 Å². The number of rotatable bonds is 8. The minimum Gasteiger partial charge on any atom is -0.506 e. The number of hydrogen-bond acceptors (Lipinski definition) is 13. The number of nitrogens with zero attached hydrogens (tertiary/aromatic N) is 1. The van der Waals surface area contributed by atoms with Gasteiger partial charge in [-0.05, 0) is 39.3 Å². The number of ether oxygens (including phenoxy) is 5. The van der Waals surface area contributed by atoms with Gasteiger partial charge in [0.05, 0.1) is 16.7 Å². The molecule has 2 aromatic rings. The Kier molecular flexibility index (Phi) is 8.19. The first-order chi connectivity index (χ1) is 19.0. The summed E-state index contributed by atoms with van der Waals surface area (Å²) in [6, 6.07) is 2.99. The van der Waals surface area contributed by atoms with Crippen LogP contribution in [0.1, 0.15) is 38.3 Å². The molecule has 2 N–H and O–H groups in total. The van der Waals surface area contributed by atoms with Crippen molar-refractivity contribution in [2.24, 2.45) is 5.16 Å². The molecule has 0 unspecified atom stereocenters. The molecule has 4 rings (SSSR count). The standard InChI is InChI=1S/C26H28N2O12/c1-7-11-34-28-24(31)40-27-13(4)16-17(29)14-9-10-15(12(3)18(14)36-22(16)30)35-23-20-19(37-25(32)38-20)21(33-6)26(5,8-2)39-23/h1,9-10,19-21,23,29H,8,11H2,2-6H3,(H,28,31)/b27-13+/t19-,20+,21+,23+,26-/m0/s1. The smallest absolute Gasteiger partial charge is 0.506 e. The quantitative estimate of drug-likeness (QED) is 0.0920. The highest BCUT2D eigenvalue weighted by Gasteiger charge is 2.59. The monoisotopic (exact) mass is 560 g/mol. The molecule has 0 bridgehead atoms. The first-order valence-electron chi connectivity index (χ1n) is 12.2. The summed E-state index contributed by atoms with van der Waals surface area (Å²) in [5.74, 6) is 1.92. The Balaban J connectivity index is 1.63. The number of benzene rings is 1. The van der Waals surface area contributed by atoms with E-state index in [1.54, 1.807) is 6.92 Å². The number of aromatic hydroxyl groups is 1. The summed E-state index contributed by atoms with van der Waals surface area (Å²) in [4.78, 5) is 45.6. The van der Waals surface area contributed by atoms with Crippen LogP contribution in [0.4, 0.5) is 9.59 Å². The molecular formula is C26H28N2O12. The van der Waals surface area contributed by atoms with E-state index in [2.05, 4.69) is 20.8 Å². The number of aryl methyl sites for hydroxylation is 1. The fourth-order valence-electron chi connectivity index (χ4n) is 4.58. The SMILES string of the molecule is C#CCONC(=O)O/N=C(\C)c1c(O)c2ccc(O[C@@H]3O[C@@](C)(CC)[C@H](OC)[C@H]4OC(=O)O[C@@H]34)c(C)c2oc1=O. The molecule has 2 fully saturated rings. The second-order valence-corrected chi connectivity index (χ2v) is 9.17. The third kappa shape index (κ3) is 5.26. The summed E-state index contributed by atoms with van der Waals surface area (Å²) in [5.41, 5.74) is -0.0280. The molecule has 5 atom stereocenters. The number of nitrogens with one attached hydrogen (secondary N) is 1. The van der Waals surface area contributed by atoms with Gasteiger partial charge in [-0.2, -0.15) is 5.48 Å². The molecule has 14 nitrogen and oxygen atoms in total. The molecule has 2 saturated heterocycles.